The van der Waals surface area contributed by atoms with E-state index in [9.17, 15) is 0 Å². The Morgan fingerprint density at radius 1 is 1.25 bits per heavy atom. The van der Waals surface area contributed by atoms with E-state index < -0.39 is 0 Å². The van der Waals surface area contributed by atoms with Gasteiger partial charge >= 0.3 is 0 Å². The Bertz CT molecular complexity index is 396. The van der Waals surface area contributed by atoms with Gasteiger partial charge in [-0.15, -0.1) is 0 Å². The first-order chi connectivity index (χ1) is 9.84. The van der Waals surface area contributed by atoms with Crippen molar-refractivity contribution in [3.05, 3.63) is 28.5 Å². The lowest BCUT2D eigenvalue weighted by Crippen LogP contribution is -2.47. The minimum absolute atomic E-state index is 0.488. The van der Waals surface area contributed by atoms with Gasteiger partial charge in [-0.05, 0) is 46.3 Å². The molecule has 2 fully saturated rings. The van der Waals surface area contributed by atoms with Crippen molar-refractivity contribution in [1.82, 2.24) is 15.2 Å². The first-order valence-corrected chi connectivity index (χ1v) is 8.28. The lowest BCUT2D eigenvalue weighted by molar-refractivity contribution is 0.0212. The van der Waals surface area contributed by atoms with Crippen LogP contribution in [0.15, 0.2) is 22.9 Å². The number of hydrogen-bond donors (Lipinski definition) is 1. The molecule has 110 valence electrons. The van der Waals surface area contributed by atoms with Crippen LogP contribution in [0.3, 0.4) is 0 Å². The lowest BCUT2D eigenvalue weighted by Gasteiger charge is -2.41. The second-order valence-corrected chi connectivity index (χ2v) is 6.41. The van der Waals surface area contributed by atoms with Crippen LogP contribution < -0.4 is 5.32 Å². The number of ether oxygens (including phenoxy) is 1. The first kappa shape index (κ1) is 14.4. The van der Waals surface area contributed by atoms with Crippen molar-refractivity contribution in [1.29, 1.82) is 0 Å². The van der Waals surface area contributed by atoms with Crippen LogP contribution in [0.4, 0.5) is 0 Å². The minimum Gasteiger partial charge on any atom is -0.381 e. The van der Waals surface area contributed by atoms with Gasteiger partial charge in [0.15, 0.2) is 0 Å². The predicted octanol–water partition coefficient (Wildman–Crippen LogP) is 2.22. The molecule has 3 rings (SSSR count). The summed E-state index contributed by atoms with van der Waals surface area (Å²) in [5, 5.41) is 3.44. The molecule has 0 amide bonds. The summed E-state index contributed by atoms with van der Waals surface area (Å²) in [5.41, 5.74) is 1.35. The third kappa shape index (κ3) is 3.39. The third-order valence-corrected chi connectivity index (χ3v) is 4.82. The van der Waals surface area contributed by atoms with E-state index >= 15 is 0 Å². The fourth-order valence-corrected chi connectivity index (χ4v) is 3.57. The maximum Gasteiger partial charge on any atom is 0.106 e. The molecule has 1 atom stereocenters. The number of pyridine rings is 1. The van der Waals surface area contributed by atoms with Crippen molar-refractivity contribution in [2.24, 2.45) is 5.92 Å². The number of rotatable bonds is 3. The van der Waals surface area contributed by atoms with E-state index in [0.717, 1.165) is 56.8 Å². The van der Waals surface area contributed by atoms with Gasteiger partial charge in [0.25, 0.3) is 0 Å². The van der Waals surface area contributed by atoms with Crippen molar-refractivity contribution in [2.45, 2.75) is 18.9 Å². The highest BCUT2D eigenvalue weighted by atomic mass is 79.9. The van der Waals surface area contributed by atoms with E-state index in [1.54, 1.807) is 0 Å². The van der Waals surface area contributed by atoms with E-state index in [-0.39, 0.29) is 0 Å². The Hall–Kier alpha value is -0.490. The summed E-state index contributed by atoms with van der Waals surface area (Å²) >= 11 is 3.43. The molecule has 4 nitrogen and oxygen atoms in total. The van der Waals surface area contributed by atoms with Crippen LogP contribution in [0.25, 0.3) is 0 Å². The van der Waals surface area contributed by atoms with E-state index in [2.05, 4.69) is 43.3 Å². The molecule has 0 spiro atoms. The second-order valence-electron chi connectivity index (χ2n) is 5.59. The summed E-state index contributed by atoms with van der Waals surface area (Å²) in [6.07, 6.45) is 4.35. The maximum atomic E-state index is 5.54. The van der Waals surface area contributed by atoms with Gasteiger partial charge in [0.1, 0.15) is 4.60 Å². The van der Waals surface area contributed by atoms with Crippen LogP contribution in [0, 0.1) is 5.92 Å². The van der Waals surface area contributed by atoms with Crippen LogP contribution in [0.1, 0.15) is 24.4 Å². The van der Waals surface area contributed by atoms with Crippen LogP contribution in [0.5, 0.6) is 0 Å². The van der Waals surface area contributed by atoms with Gasteiger partial charge in [-0.2, -0.15) is 0 Å². The largest absolute Gasteiger partial charge is 0.381 e. The summed E-state index contributed by atoms with van der Waals surface area (Å²) in [5.74, 6) is 0.685. The molecule has 2 aliphatic heterocycles. The van der Waals surface area contributed by atoms with Crippen molar-refractivity contribution in [2.75, 3.05) is 39.4 Å². The van der Waals surface area contributed by atoms with Crippen molar-refractivity contribution >= 4 is 15.9 Å². The van der Waals surface area contributed by atoms with E-state index in [0.29, 0.717) is 12.0 Å². The average molecular weight is 340 g/mol. The van der Waals surface area contributed by atoms with E-state index in [1.807, 2.05) is 6.20 Å². The molecule has 20 heavy (non-hydrogen) atoms. The lowest BCUT2D eigenvalue weighted by atomic mass is 9.86. The molecular formula is C15H22BrN3O. The molecule has 0 radical (unpaired) electrons. The Labute approximate surface area is 129 Å². The highest BCUT2D eigenvalue weighted by molar-refractivity contribution is 9.10. The number of hydrogen-bond acceptors (Lipinski definition) is 4. The van der Waals surface area contributed by atoms with Crippen LogP contribution in [0.2, 0.25) is 0 Å². The topological polar surface area (TPSA) is 37.4 Å². The monoisotopic (exact) mass is 339 g/mol. The number of nitrogens with one attached hydrogen (secondary N) is 1. The maximum absolute atomic E-state index is 5.54. The van der Waals surface area contributed by atoms with Gasteiger partial charge in [0.05, 0.1) is 0 Å². The summed E-state index contributed by atoms with van der Waals surface area (Å²) < 4.78 is 6.45. The quantitative estimate of drug-likeness (QED) is 0.857. The summed E-state index contributed by atoms with van der Waals surface area (Å²) in [7, 11) is 0. The fraction of sp³-hybridized carbons (Fsp3) is 0.667. The molecule has 0 bridgehead atoms. The minimum atomic E-state index is 0.488. The molecule has 1 aromatic heterocycles. The number of aromatic nitrogens is 1. The normalized spacial score (nSPS) is 23.6. The zero-order valence-corrected chi connectivity index (χ0v) is 13.3. The van der Waals surface area contributed by atoms with Crippen molar-refractivity contribution < 1.29 is 4.74 Å². The molecule has 5 heteroatoms. The Balaban J connectivity index is 1.83. The smallest absolute Gasteiger partial charge is 0.106 e. The third-order valence-electron chi connectivity index (χ3n) is 4.35. The van der Waals surface area contributed by atoms with Gasteiger partial charge < -0.3 is 10.1 Å². The Morgan fingerprint density at radius 2 is 2.00 bits per heavy atom. The summed E-state index contributed by atoms with van der Waals surface area (Å²) in [6, 6.07) is 4.77. The molecule has 0 aromatic carbocycles. The number of piperazine rings is 1. The zero-order valence-electron chi connectivity index (χ0n) is 11.7. The summed E-state index contributed by atoms with van der Waals surface area (Å²) in [4.78, 5) is 7.06. The molecule has 0 saturated carbocycles. The molecular weight excluding hydrogens is 318 g/mol. The molecule has 1 aromatic rings. The molecule has 1 N–H and O–H groups in total. The molecule has 2 aliphatic rings. The van der Waals surface area contributed by atoms with Gasteiger partial charge in [0, 0.05) is 51.6 Å². The van der Waals surface area contributed by atoms with Crippen molar-refractivity contribution in [3.8, 4) is 0 Å². The van der Waals surface area contributed by atoms with Gasteiger partial charge in [-0.1, -0.05) is 6.07 Å². The highest BCUT2D eigenvalue weighted by Gasteiger charge is 2.31. The van der Waals surface area contributed by atoms with Crippen LogP contribution in [-0.2, 0) is 4.74 Å². The van der Waals surface area contributed by atoms with Crippen molar-refractivity contribution in [3.63, 3.8) is 0 Å². The SMILES string of the molecule is Brc1ccc([C@@H](C2CCOCC2)N2CCNCC2)cn1. The van der Waals surface area contributed by atoms with E-state index in [1.165, 1.54) is 5.56 Å². The Morgan fingerprint density at radius 3 is 2.65 bits per heavy atom. The molecule has 0 aliphatic carbocycles. The second kappa shape index (κ2) is 6.98. The average Bonchev–Trinajstić information content (AvgIpc) is 2.52. The molecule has 0 unspecified atom stereocenters. The van der Waals surface area contributed by atoms with Crippen LogP contribution in [-0.4, -0.2) is 49.3 Å². The predicted molar refractivity (Wildman–Crippen MR) is 82.7 cm³/mol. The highest BCUT2D eigenvalue weighted by Crippen LogP contribution is 2.35. The first-order valence-electron chi connectivity index (χ1n) is 7.48. The van der Waals surface area contributed by atoms with Gasteiger partial charge in [0.2, 0.25) is 0 Å². The fourth-order valence-electron chi connectivity index (χ4n) is 3.34. The molecule has 3 heterocycles. The van der Waals surface area contributed by atoms with Crippen LogP contribution >= 0.6 is 15.9 Å². The molecule has 2 saturated heterocycles. The Kier molecular flexibility index (Phi) is 5.04. The number of nitrogens with zero attached hydrogens (tertiary/aromatic N) is 2. The standard InChI is InChI=1S/C15H22BrN3O/c16-14-2-1-13(11-18-14)15(12-3-9-20-10-4-12)19-7-5-17-6-8-19/h1-2,11-12,15,17H,3-10H2/t15-/m1/s1. The van der Waals surface area contributed by atoms with E-state index in [4.69, 9.17) is 4.74 Å². The number of halogens is 1. The van der Waals surface area contributed by atoms with Gasteiger partial charge in [-0.3, -0.25) is 4.90 Å². The van der Waals surface area contributed by atoms with Gasteiger partial charge in [-0.25, -0.2) is 4.98 Å². The zero-order chi connectivity index (χ0) is 13.8. The summed E-state index contributed by atoms with van der Waals surface area (Å²) in [6.45, 7) is 6.22.